The molecule has 0 saturated carbocycles. The second-order valence-corrected chi connectivity index (χ2v) is 7.06. The van der Waals surface area contributed by atoms with Crippen LogP contribution in [0.15, 0.2) is 66.4 Å². The number of hydrogen-bond donors (Lipinski definition) is 1. The molecule has 0 aliphatic heterocycles. The van der Waals surface area contributed by atoms with E-state index < -0.39 is 5.91 Å². The Morgan fingerprint density at radius 1 is 1.19 bits per heavy atom. The second-order valence-electron chi connectivity index (χ2n) is 7.06. The van der Waals surface area contributed by atoms with E-state index in [1.807, 2.05) is 80.7 Å². The van der Waals surface area contributed by atoms with Gasteiger partial charge in [0.05, 0.1) is 11.4 Å². The lowest BCUT2D eigenvalue weighted by Crippen LogP contribution is -2.26. The highest BCUT2D eigenvalue weighted by molar-refractivity contribution is 6.02. The molecule has 31 heavy (non-hydrogen) atoms. The van der Waals surface area contributed by atoms with Gasteiger partial charge in [-0.1, -0.05) is 48.0 Å². The number of carbonyl (C=O) groups excluding carboxylic acids is 1. The van der Waals surface area contributed by atoms with Crippen LogP contribution < -0.4 is 5.32 Å². The summed E-state index contributed by atoms with van der Waals surface area (Å²) in [5.74, 6) is -0.402. The molecule has 0 unspecified atom stereocenters. The Hall–Kier alpha value is -3.69. The van der Waals surface area contributed by atoms with Crippen LogP contribution >= 0.6 is 0 Å². The number of nitrogens with one attached hydrogen (secondary N) is 1. The van der Waals surface area contributed by atoms with Gasteiger partial charge in [0.2, 0.25) is 0 Å². The molecule has 0 aliphatic carbocycles. The molecule has 0 spiro atoms. The van der Waals surface area contributed by atoms with Crippen LogP contribution in [0.1, 0.15) is 24.5 Å². The summed E-state index contributed by atoms with van der Waals surface area (Å²) in [6.45, 7) is 5.62. The van der Waals surface area contributed by atoms with Crippen LogP contribution in [0.25, 0.3) is 23.0 Å². The molecule has 6 heteroatoms. The molecule has 1 amide bonds. The quantitative estimate of drug-likeness (QED) is 0.322. The number of para-hydroxylation sites is 1. The predicted octanol–water partition coefficient (Wildman–Crippen LogP) is 4.30. The van der Waals surface area contributed by atoms with Crippen LogP contribution in [-0.4, -0.2) is 35.4 Å². The van der Waals surface area contributed by atoms with Gasteiger partial charge in [0.25, 0.3) is 5.91 Å². The fraction of sp³-hybridized carbons (Fsp3) is 0.240. The average molecular weight is 415 g/mol. The van der Waals surface area contributed by atoms with Crippen molar-refractivity contribution in [2.24, 2.45) is 0 Å². The van der Waals surface area contributed by atoms with Crippen LogP contribution in [0.3, 0.4) is 0 Å². The molecule has 6 nitrogen and oxygen atoms in total. The summed E-state index contributed by atoms with van der Waals surface area (Å²) < 4.78 is 7.03. The molecule has 0 atom stereocenters. The Morgan fingerprint density at radius 2 is 1.94 bits per heavy atom. The zero-order valence-electron chi connectivity index (χ0n) is 17.8. The number of ether oxygens (including phenoxy) is 1. The van der Waals surface area contributed by atoms with Crippen molar-refractivity contribution >= 4 is 12.0 Å². The molecule has 0 saturated heterocycles. The van der Waals surface area contributed by atoms with E-state index in [2.05, 4.69) is 5.32 Å². The van der Waals surface area contributed by atoms with Crippen molar-refractivity contribution < 1.29 is 9.53 Å². The molecule has 1 aromatic heterocycles. The number of rotatable bonds is 9. The first-order valence-electron chi connectivity index (χ1n) is 10.3. The topological polar surface area (TPSA) is 79.9 Å². The maximum absolute atomic E-state index is 12.5. The molecule has 158 valence electrons. The first kappa shape index (κ1) is 22.0. The highest BCUT2D eigenvalue weighted by Gasteiger charge is 2.15. The first-order chi connectivity index (χ1) is 15.1. The lowest BCUT2D eigenvalue weighted by atomic mass is 10.0. The molecule has 0 fully saturated rings. The van der Waals surface area contributed by atoms with Crippen LogP contribution in [0.5, 0.6) is 0 Å². The number of amides is 1. The van der Waals surface area contributed by atoms with Crippen molar-refractivity contribution in [1.29, 1.82) is 5.26 Å². The largest absolute Gasteiger partial charge is 0.382 e. The molecule has 0 radical (unpaired) electrons. The second kappa shape index (κ2) is 10.9. The highest BCUT2D eigenvalue weighted by atomic mass is 16.5. The summed E-state index contributed by atoms with van der Waals surface area (Å²) in [6, 6.07) is 19.8. The van der Waals surface area contributed by atoms with E-state index in [1.54, 1.807) is 10.8 Å². The average Bonchev–Trinajstić information content (AvgIpc) is 3.22. The van der Waals surface area contributed by atoms with E-state index in [4.69, 9.17) is 9.84 Å². The van der Waals surface area contributed by atoms with E-state index >= 15 is 0 Å². The Labute approximate surface area is 182 Å². The summed E-state index contributed by atoms with van der Waals surface area (Å²) in [5, 5.41) is 17.1. The van der Waals surface area contributed by atoms with E-state index in [0.29, 0.717) is 37.4 Å². The molecular weight excluding hydrogens is 388 g/mol. The maximum Gasteiger partial charge on any atom is 0.261 e. The number of aryl methyl sites for hydroxylation is 1. The Balaban J connectivity index is 1.92. The lowest BCUT2D eigenvalue weighted by molar-refractivity contribution is -0.117. The van der Waals surface area contributed by atoms with Crippen molar-refractivity contribution in [2.45, 2.75) is 20.3 Å². The summed E-state index contributed by atoms with van der Waals surface area (Å²) in [6.07, 6.45) is 4.13. The summed E-state index contributed by atoms with van der Waals surface area (Å²) in [7, 11) is 0. The van der Waals surface area contributed by atoms with E-state index in [1.165, 1.54) is 0 Å². The fourth-order valence-electron chi connectivity index (χ4n) is 3.06. The van der Waals surface area contributed by atoms with Crippen LogP contribution in [0, 0.1) is 18.3 Å². The van der Waals surface area contributed by atoms with Gasteiger partial charge in [0, 0.05) is 37.1 Å². The summed E-state index contributed by atoms with van der Waals surface area (Å²) in [4.78, 5) is 12.5. The van der Waals surface area contributed by atoms with Gasteiger partial charge >= 0.3 is 0 Å². The molecule has 2 aromatic carbocycles. The van der Waals surface area contributed by atoms with Crippen molar-refractivity contribution in [3.05, 3.63) is 77.5 Å². The fourth-order valence-corrected chi connectivity index (χ4v) is 3.06. The van der Waals surface area contributed by atoms with Gasteiger partial charge in [-0.05, 0) is 38.5 Å². The minimum atomic E-state index is -0.402. The van der Waals surface area contributed by atoms with Gasteiger partial charge in [-0.15, -0.1) is 0 Å². The monoisotopic (exact) mass is 414 g/mol. The molecular formula is C25H26N4O2. The van der Waals surface area contributed by atoms with E-state index in [-0.39, 0.29) is 5.57 Å². The normalized spacial score (nSPS) is 11.2. The van der Waals surface area contributed by atoms with E-state index in [9.17, 15) is 10.1 Å². The van der Waals surface area contributed by atoms with Crippen LogP contribution in [0.4, 0.5) is 0 Å². The van der Waals surface area contributed by atoms with Crippen molar-refractivity contribution in [1.82, 2.24) is 15.1 Å². The Morgan fingerprint density at radius 3 is 2.61 bits per heavy atom. The smallest absolute Gasteiger partial charge is 0.261 e. The third kappa shape index (κ3) is 5.91. The van der Waals surface area contributed by atoms with Gasteiger partial charge in [0.15, 0.2) is 0 Å². The van der Waals surface area contributed by atoms with Crippen molar-refractivity contribution in [3.8, 4) is 23.0 Å². The molecule has 0 aliphatic rings. The number of nitrogens with zero attached hydrogens (tertiary/aromatic N) is 3. The highest BCUT2D eigenvalue weighted by Crippen LogP contribution is 2.26. The van der Waals surface area contributed by atoms with Crippen LogP contribution in [-0.2, 0) is 9.53 Å². The Bertz CT molecular complexity index is 1080. The first-order valence-corrected chi connectivity index (χ1v) is 10.3. The third-order valence-electron chi connectivity index (χ3n) is 4.71. The molecule has 1 heterocycles. The SMILES string of the molecule is CCOCCCNC(=O)C(C#N)=Cc1cn(-c2ccccc2)nc1-c1ccc(C)cc1. The van der Waals surface area contributed by atoms with Gasteiger partial charge in [-0.25, -0.2) is 4.68 Å². The predicted molar refractivity (Wildman–Crippen MR) is 121 cm³/mol. The number of nitriles is 1. The maximum atomic E-state index is 12.5. The minimum absolute atomic E-state index is 0.0392. The van der Waals surface area contributed by atoms with Crippen molar-refractivity contribution in [2.75, 3.05) is 19.8 Å². The zero-order valence-corrected chi connectivity index (χ0v) is 17.8. The number of benzene rings is 2. The summed E-state index contributed by atoms with van der Waals surface area (Å²) in [5.41, 5.74) is 4.41. The molecule has 1 N–H and O–H groups in total. The number of hydrogen-bond acceptors (Lipinski definition) is 4. The third-order valence-corrected chi connectivity index (χ3v) is 4.71. The number of carbonyl (C=O) groups is 1. The molecule has 3 rings (SSSR count). The standard InChI is InChI=1S/C25H26N4O2/c1-3-31-15-7-14-27-25(30)21(17-26)16-22-18-29(23-8-5-4-6-9-23)28-24(22)20-12-10-19(2)11-13-20/h4-6,8-13,16,18H,3,7,14-15H2,1-2H3,(H,27,30). The number of aromatic nitrogens is 2. The Kier molecular flexibility index (Phi) is 7.74. The van der Waals surface area contributed by atoms with Crippen molar-refractivity contribution in [3.63, 3.8) is 0 Å². The zero-order chi connectivity index (χ0) is 22.1. The van der Waals surface area contributed by atoms with Gasteiger partial charge in [-0.2, -0.15) is 10.4 Å². The van der Waals surface area contributed by atoms with Gasteiger partial charge in [-0.3, -0.25) is 4.79 Å². The van der Waals surface area contributed by atoms with E-state index in [0.717, 1.165) is 16.8 Å². The molecule has 3 aromatic rings. The van der Waals surface area contributed by atoms with Gasteiger partial charge < -0.3 is 10.1 Å². The minimum Gasteiger partial charge on any atom is -0.382 e. The summed E-state index contributed by atoms with van der Waals surface area (Å²) >= 11 is 0. The van der Waals surface area contributed by atoms with Gasteiger partial charge in [0.1, 0.15) is 11.6 Å². The lowest BCUT2D eigenvalue weighted by Gasteiger charge is -2.05. The van der Waals surface area contributed by atoms with Crippen LogP contribution in [0.2, 0.25) is 0 Å². The molecule has 0 bridgehead atoms.